The van der Waals surface area contributed by atoms with Gasteiger partial charge in [-0.15, -0.1) is 0 Å². The average molecular weight is 350 g/mol. The first kappa shape index (κ1) is 19.8. The topological polar surface area (TPSA) is 60.9 Å². The Hall–Kier alpha value is -1.50. The lowest BCUT2D eigenvalue weighted by Crippen LogP contribution is -2.76. The van der Waals surface area contributed by atoms with Crippen LogP contribution in [0, 0.1) is 5.92 Å². The number of aryl methyl sites for hydroxylation is 1. The zero-order valence-electron chi connectivity index (χ0n) is 15.9. The van der Waals surface area contributed by atoms with E-state index in [4.69, 9.17) is 14.2 Å². The van der Waals surface area contributed by atoms with Crippen LogP contribution in [0.5, 0.6) is 0 Å². The van der Waals surface area contributed by atoms with Crippen LogP contribution in [0.1, 0.15) is 38.4 Å². The maximum Gasteiger partial charge on any atom is 0.259 e. The Morgan fingerprint density at radius 1 is 1.32 bits per heavy atom. The molecule has 1 saturated heterocycles. The molecule has 6 heteroatoms. The van der Waals surface area contributed by atoms with E-state index in [1.807, 2.05) is 6.07 Å². The molecular weight excluding hydrogens is 320 g/mol. The van der Waals surface area contributed by atoms with Gasteiger partial charge in [0.15, 0.2) is 5.60 Å². The summed E-state index contributed by atoms with van der Waals surface area (Å²) in [6.07, 6.45) is 4.01. The van der Waals surface area contributed by atoms with Crippen LogP contribution in [0.2, 0.25) is 0 Å². The highest BCUT2D eigenvalue weighted by molar-refractivity contribution is 5.93. The van der Waals surface area contributed by atoms with Gasteiger partial charge in [0, 0.05) is 32.5 Å². The minimum Gasteiger partial charge on any atom is -0.364 e. The molecule has 2 atom stereocenters. The Labute approximate surface area is 150 Å². The number of rotatable bonds is 10. The lowest BCUT2D eigenvalue weighted by atomic mass is 9.75. The molecule has 0 bridgehead atoms. The van der Waals surface area contributed by atoms with Gasteiger partial charge in [0.1, 0.15) is 13.5 Å². The van der Waals surface area contributed by atoms with Crippen LogP contribution in [-0.2, 0) is 31.8 Å². The van der Waals surface area contributed by atoms with E-state index in [0.29, 0.717) is 12.3 Å². The summed E-state index contributed by atoms with van der Waals surface area (Å²) in [6.45, 7) is 6.74. The lowest BCUT2D eigenvalue weighted by molar-refractivity contribution is -0.235. The van der Waals surface area contributed by atoms with Crippen LogP contribution >= 0.6 is 0 Å². The van der Waals surface area contributed by atoms with E-state index in [0.717, 1.165) is 18.5 Å². The highest BCUT2D eigenvalue weighted by Crippen LogP contribution is 2.40. The monoisotopic (exact) mass is 350 g/mol. The predicted octanol–water partition coefficient (Wildman–Crippen LogP) is 2.41. The zero-order chi connectivity index (χ0) is 18.4. The Morgan fingerprint density at radius 2 is 2.08 bits per heavy atom. The molecule has 1 aliphatic rings. The first-order chi connectivity index (χ1) is 12.0. The standard InChI is InChI=1S/C19H30N2O4/c1-6-15-7-8-20-16(10-15)11-19(25-13-24-5)17(9-14(2)3)21(12-23-4)18(19)22/h7-8,10,14,17H,6,9,11-13H2,1-5H3/t17-,19+/m0/s1. The number of hydrogen-bond donors (Lipinski definition) is 0. The van der Waals surface area contributed by atoms with Crippen LogP contribution in [0.25, 0.3) is 0 Å². The van der Waals surface area contributed by atoms with E-state index in [1.54, 1.807) is 25.3 Å². The summed E-state index contributed by atoms with van der Waals surface area (Å²) in [5.74, 6) is 0.374. The lowest BCUT2D eigenvalue weighted by Gasteiger charge is -2.55. The zero-order valence-corrected chi connectivity index (χ0v) is 15.9. The molecular formula is C19H30N2O4. The fraction of sp³-hybridized carbons (Fsp3) is 0.684. The van der Waals surface area contributed by atoms with Crippen LogP contribution in [0.4, 0.5) is 0 Å². The van der Waals surface area contributed by atoms with E-state index in [9.17, 15) is 4.79 Å². The number of carbonyl (C=O) groups is 1. The maximum absolute atomic E-state index is 13.0. The number of pyridine rings is 1. The van der Waals surface area contributed by atoms with Crippen molar-refractivity contribution < 1.29 is 19.0 Å². The molecule has 0 N–H and O–H groups in total. The van der Waals surface area contributed by atoms with E-state index in [-0.39, 0.29) is 25.5 Å². The smallest absolute Gasteiger partial charge is 0.259 e. The summed E-state index contributed by atoms with van der Waals surface area (Å²) in [6, 6.07) is 4.00. The minimum atomic E-state index is -0.932. The molecule has 1 amide bonds. The van der Waals surface area contributed by atoms with Gasteiger partial charge >= 0.3 is 0 Å². The molecule has 2 rings (SSSR count). The van der Waals surface area contributed by atoms with E-state index in [1.165, 1.54) is 5.56 Å². The summed E-state index contributed by atoms with van der Waals surface area (Å²) < 4.78 is 16.3. The Bertz CT molecular complexity index is 578. The molecule has 0 unspecified atom stereocenters. The fourth-order valence-corrected chi connectivity index (χ4v) is 3.44. The molecule has 2 heterocycles. The molecule has 6 nitrogen and oxygen atoms in total. The van der Waals surface area contributed by atoms with Gasteiger partial charge in [0.25, 0.3) is 5.91 Å². The summed E-state index contributed by atoms with van der Waals surface area (Å²) in [5.41, 5.74) is 1.14. The molecule has 0 spiro atoms. The number of nitrogens with zero attached hydrogens (tertiary/aromatic N) is 2. The Balaban J connectivity index is 2.32. The number of hydrogen-bond acceptors (Lipinski definition) is 5. The third-order valence-electron chi connectivity index (χ3n) is 4.67. The van der Waals surface area contributed by atoms with Gasteiger partial charge in [-0.3, -0.25) is 9.78 Å². The van der Waals surface area contributed by atoms with Gasteiger partial charge in [-0.25, -0.2) is 0 Å². The number of aromatic nitrogens is 1. The second-order valence-corrected chi connectivity index (χ2v) is 6.96. The first-order valence-corrected chi connectivity index (χ1v) is 8.85. The van der Waals surface area contributed by atoms with Gasteiger partial charge in [0.05, 0.1) is 6.04 Å². The third kappa shape index (κ3) is 4.19. The van der Waals surface area contributed by atoms with Crippen molar-refractivity contribution in [2.24, 2.45) is 5.92 Å². The summed E-state index contributed by atoms with van der Waals surface area (Å²) in [7, 11) is 3.17. The van der Waals surface area contributed by atoms with E-state index >= 15 is 0 Å². The number of ether oxygens (including phenoxy) is 3. The number of likely N-dealkylation sites (tertiary alicyclic amines) is 1. The molecule has 1 aromatic heterocycles. The molecule has 25 heavy (non-hydrogen) atoms. The second-order valence-electron chi connectivity index (χ2n) is 6.96. The molecule has 140 valence electrons. The molecule has 0 radical (unpaired) electrons. The Kier molecular flexibility index (Phi) is 6.93. The molecule has 0 aromatic carbocycles. The SMILES string of the molecule is CCc1ccnc(C[C@]2(OCOC)C(=O)N(COC)[C@H]2CC(C)C)c1. The second kappa shape index (κ2) is 8.74. The van der Waals surface area contributed by atoms with Crippen LogP contribution < -0.4 is 0 Å². The molecule has 0 saturated carbocycles. The number of methoxy groups -OCH3 is 2. The van der Waals surface area contributed by atoms with E-state index in [2.05, 4.69) is 31.8 Å². The van der Waals surface area contributed by atoms with Crippen LogP contribution in [0.3, 0.4) is 0 Å². The van der Waals surface area contributed by atoms with E-state index < -0.39 is 5.60 Å². The van der Waals surface area contributed by atoms with Crippen molar-refractivity contribution in [1.82, 2.24) is 9.88 Å². The average Bonchev–Trinajstić information content (AvgIpc) is 2.61. The summed E-state index contributed by atoms with van der Waals surface area (Å²) in [5, 5.41) is 0. The molecule has 0 aliphatic carbocycles. The predicted molar refractivity (Wildman–Crippen MR) is 95.0 cm³/mol. The fourth-order valence-electron chi connectivity index (χ4n) is 3.44. The largest absolute Gasteiger partial charge is 0.364 e. The Morgan fingerprint density at radius 3 is 2.68 bits per heavy atom. The van der Waals surface area contributed by atoms with Gasteiger partial charge in [-0.2, -0.15) is 0 Å². The minimum absolute atomic E-state index is 0.0535. The highest BCUT2D eigenvalue weighted by Gasteiger charge is 2.61. The van der Waals surface area contributed by atoms with Crippen LogP contribution in [0.15, 0.2) is 18.3 Å². The molecule has 1 aliphatic heterocycles. The summed E-state index contributed by atoms with van der Waals surface area (Å²) in [4.78, 5) is 19.2. The van der Waals surface area contributed by atoms with Crippen molar-refractivity contribution in [3.8, 4) is 0 Å². The normalized spacial score (nSPS) is 23.2. The molecule has 1 aromatic rings. The van der Waals surface area contributed by atoms with Crippen molar-refractivity contribution in [2.75, 3.05) is 27.7 Å². The third-order valence-corrected chi connectivity index (χ3v) is 4.67. The van der Waals surface area contributed by atoms with Gasteiger partial charge in [-0.1, -0.05) is 20.8 Å². The number of β-lactam (4-membered cyclic amide) rings is 1. The highest BCUT2D eigenvalue weighted by atomic mass is 16.7. The maximum atomic E-state index is 13.0. The van der Waals surface area contributed by atoms with Gasteiger partial charge in [-0.05, 0) is 36.5 Å². The van der Waals surface area contributed by atoms with Crippen molar-refractivity contribution in [3.63, 3.8) is 0 Å². The number of amides is 1. The summed E-state index contributed by atoms with van der Waals surface area (Å²) >= 11 is 0. The van der Waals surface area contributed by atoms with Crippen molar-refractivity contribution in [3.05, 3.63) is 29.6 Å². The van der Waals surface area contributed by atoms with Crippen molar-refractivity contribution in [2.45, 2.75) is 51.7 Å². The van der Waals surface area contributed by atoms with Crippen molar-refractivity contribution in [1.29, 1.82) is 0 Å². The molecule has 1 fully saturated rings. The number of carbonyl (C=O) groups excluding carboxylic acids is 1. The van der Waals surface area contributed by atoms with Crippen molar-refractivity contribution >= 4 is 5.91 Å². The van der Waals surface area contributed by atoms with Gasteiger partial charge < -0.3 is 19.1 Å². The first-order valence-electron chi connectivity index (χ1n) is 8.85. The van der Waals surface area contributed by atoms with Crippen LogP contribution in [-0.4, -0.2) is 55.2 Å². The van der Waals surface area contributed by atoms with Gasteiger partial charge in [0.2, 0.25) is 0 Å². The quantitative estimate of drug-likeness (QED) is 0.479.